The van der Waals surface area contributed by atoms with Crippen molar-refractivity contribution in [3.05, 3.63) is 28.8 Å². The van der Waals surface area contributed by atoms with Crippen LogP contribution in [0.3, 0.4) is 0 Å². The van der Waals surface area contributed by atoms with Gasteiger partial charge in [-0.05, 0) is 31.5 Å². The third kappa shape index (κ3) is 2.89. The first-order chi connectivity index (χ1) is 7.77. The summed E-state index contributed by atoms with van der Waals surface area (Å²) in [6, 6.07) is 1.88. The molecule has 0 aliphatic rings. The summed E-state index contributed by atoms with van der Waals surface area (Å²) in [5.74, 6) is -1.91. The van der Waals surface area contributed by atoms with E-state index in [0.717, 1.165) is 12.1 Å². The lowest BCUT2D eigenvalue weighted by Crippen LogP contribution is -2.15. The molecule has 0 radical (unpaired) electrons. The fourth-order valence-electron chi connectivity index (χ4n) is 1.41. The molecule has 17 heavy (non-hydrogen) atoms. The summed E-state index contributed by atoms with van der Waals surface area (Å²) in [6.45, 7) is 2.80. The number of phenolic OH excluding ortho intramolecular Hbond substituents is 1. The van der Waals surface area contributed by atoms with E-state index in [0.29, 0.717) is 0 Å². The number of carbonyl (C=O) groups is 1. The van der Waals surface area contributed by atoms with Gasteiger partial charge in [-0.25, -0.2) is 4.79 Å². The standard InChI is InChI=1S/C11H11F3O3/c1-3-17-10(16)9-7(11(12,13)14)4-6(2)5-8(9)15/h4-5,15H,3H2,1-2H3. The Labute approximate surface area is 95.8 Å². The molecule has 0 aromatic heterocycles. The molecule has 1 aromatic rings. The summed E-state index contributed by atoms with van der Waals surface area (Å²) in [6.07, 6.45) is -4.72. The van der Waals surface area contributed by atoms with E-state index in [9.17, 15) is 23.1 Å². The second-order valence-corrected chi connectivity index (χ2v) is 3.42. The molecule has 94 valence electrons. The molecule has 3 nitrogen and oxygen atoms in total. The van der Waals surface area contributed by atoms with Crippen molar-refractivity contribution in [2.45, 2.75) is 20.0 Å². The minimum atomic E-state index is -4.72. The van der Waals surface area contributed by atoms with E-state index in [1.807, 2.05) is 0 Å². The van der Waals surface area contributed by atoms with Crippen molar-refractivity contribution in [2.24, 2.45) is 0 Å². The fourth-order valence-corrected chi connectivity index (χ4v) is 1.41. The Morgan fingerprint density at radius 1 is 1.41 bits per heavy atom. The molecule has 1 N–H and O–H groups in total. The number of carbonyl (C=O) groups excluding carboxylic acids is 1. The van der Waals surface area contributed by atoms with Crippen LogP contribution in [0.15, 0.2) is 12.1 Å². The number of aromatic hydroxyl groups is 1. The molecule has 0 aliphatic carbocycles. The maximum atomic E-state index is 12.7. The third-order valence-corrected chi connectivity index (χ3v) is 2.05. The maximum Gasteiger partial charge on any atom is 0.417 e. The van der Waals surface area contributed by atoms with E-state index in [1.165, 1.54) is 13.8 Å². The zero-order chi connectivity index (χ0) is 13.2. The van der Waals surface area contributed by atoms with Crippen LogP contribution in [0, 0.1) is 6.92 Å². The topological polar surface area (TPSA) is 46.5 Å². The number of rotatable bonds is 2. The Morgan fingerprint density at radius 2 is 2.00 bits per heavy atom. The van der Waals surface area contributed by atoms with Crippen LogP contribution in [0.25, 0.3) is 0 Å². The van der Waals surface area contributed by atoms with Crippen molar-refractivity contribution in [3.8, 4) is 5.75 Å². The molecule has 0 fully saturated rings. The number of benzene rings is 1. The zero-order valence-electron chi connectivity index (χ0n) is 9.26. The molecule has 0 bridgehead atoms. The molecule has 0 heterocycles. The smallest absolute Gasteiger partial charge is 0.417 e. The van der Waals surface area contributed by atoms with E-state index in [2.05, 4.69) is 4.74 Å². The monoisotopic (exact) mass is 248 g/mol. The summed E-state index contributed by atoms with van der Waals surface area (Å²) >= 11 is 0. The number of esters is 1. The average molecular weight is 248 g/mol. The number of ether oxygens (including phenoxy) is 1. The molecule has 0 spiro atoms. The Morgan fingerprint density at radius 3 is 2.47 bits per heavy atom. The normalized spacial score (nSPS) is 11.4. The van der Waals surface area contributed by atoms with Crippen LogP contribution in [0.4, 0.5) is 13.2 Å². The first-order valence-corrected chi connectivity index (χ1v) is 4.85. The van der Waals surface area contributed by atoms with Crippen molar-refractivity contribution < 1.29 is 27.8 Å². The molecule has 0 amide bonds. The van der Waals surface area contributed by atoms with Crippen LogP contribution >= 0.6 is 0 Å². The van der Waals surface area contributed by atoms with E-state index >= 15 is 0 Å². The van der Waals surface area contributed by atoms with Gasteiger partial charge in [0.1, 0.15) is 11.3 Å². The Kier molecular flexibility index (Phi) is 3.65. The van der Waals surface area contributed by atoms with Crippen molar-refractivity contribution >= 4 is 5.97 Å². The van der Waals surface area contributed by atoms with E-state index in [-0.39, 0.29) is 12.2 Å². The number of halogens is 3. The first kappa shape index (κ1) is 13.3. The average Bonchev–Trinajstić information content (AvgIpc) is 2.15. The van der Waals surface area contributed by atoms with Gasteiger partial charge in [-0.3, -0.25) is 0 Å². The highest BCUT2D eigenvalue weighted by atomic mass is 19.4. The maximum absolute atomic E-state index is 12.7. The summed E-state index contributed by atoms with van der Waals surface area (Å²) in [5.41, 5.74) is -1.82. The number of hydrogen-bond donors (Lipinski definition) is 1. The molecular weight excluding hydrogens is 237 g/mol. The van der Waals surface area contributed by atoms with Gasteiger partial charge in [0.05, 0.1) is 12.2 Å². The lowest BCUT2D eigenvalue weighted by molar-refractivity contribution is -0.138. The second-order valence-electron chi connectivity index (χ2n) is 3.42. The number of phenols is 1. The lowest BCUT2D eigenvalue weighted by Gasteiger charge is -2.14. The van der Waals surface area contributed by atoms with Crippen LogP contribution in [0.1, 0.15) is 28.4 Å². The minimum Gasteiger partial charge on any atom is -0.507 e. The molecule has 0 saturated heterocycles. The number of alkyl halides is 3. The number of hydrogen-bond acceptors (Lipinski definition) is 3. The summed E-state index contributed by atoms with van der Waals surface area (Å²) in [5, 5.41) is 9.43. The van der Waals surface area contributed by atoms with E-state index < -0.39 is 29.0 Å². The molecule has 1 rings (SSSR count). The summed E-state index contributed by atoms with van der Waals surface area (Å²) in [7, 11) is 0. The largest absolute Gasteiger partial charge is 0.507 e. The summed E-state index contributed by atoms with van der Waals surface area (Å²) in [4.78, 5) is 11.4. The fraction of sp³-hybridized carbons (Fsp3) is 0.364. The lowest BCUT2D eigenvalue weighted by atomic mass is 10.0. The van der Waals surface area contributed by atoms with Crippen LogP contribution in [-0.4, -0.2) is 17.7 Å². The highest BCUT2D eigenvalue weighted by Gasteiger charge is 2.37. The quantitative estimate of drug-likeness (QED) is 0.818. The van der Waals surface area contributed by atoms with Gasteiger partial charge < -0.3 is 9.84 Å². The van der Waals surface area contributed by atoms with Crippen LogP contribution < -0.4 is 0 Å². The SMILES string of the molecule is CCOC(=O)c1c(O)cc(C)cc1C(F)(F)F. The van der Waals surface area contributed by atoms with E-state index in [4.69, 9.17) is 0 Å². The van der Waals surface area contributed by atoms with E-state index in [1.54, 1.807) is 0 Å². The predicted molar refractivity (Wildman–Crippen MR) is 53.8 cm³/mol. The molecule has 0 unspecified atom stereocenters. The van der Waals surface area contributed by atoms with Crippen molar-refractivity contribution in [2.75, 3.05) is 6.61 Å². The van der Waals surface area contributed by atoms with Gasteiger partial charge >= 0.3 is 12.1 Å². The van der Waals surface area contributed by atoms with Crippen molar-refractivity contribution in [1.82, 2.24) is 0 Å². The van der Waals surface area contributed by atoms with Crippen molar-refractivity contribution in [3.63, 3.8) is 0 Å². The first-order valence-electron chi connectivity index (χ1n) is 4.85. The van der Waals surface area contributed by atoms with Crippen LogP contribution in [0.2, 0.25) is 0 Å². The van der Waals surface area contributed by atoms with Gasteiger partial charge in [0, 0.05) is 0 Å². The molecule has 0 saturated carbocycles. The van der Waals surface area contributed by atoms with Crippen LogP contribution in [-0.2, 0) is 10.9 Å². The third-order valence-electron chi connectivity index (χ3n) is 2.05. The molecule has 1 aromatic carbocycles. The Balaban J connectivity index is 3.41. The molecule has 0 aliphatic heterocycles. The second kappa shape index (κ2) is 4.65. The Hall–Kier alpha value is -1.72. The van der Waals surface area contributed by atoms with Gasteiger partial charge in [-0.2, -0.15) is 13.2 Å². The highest BCUT2D eigenvalue weighted by Crippen LogP contribution is 2.37. The highest BCUT2D eigenvalue weighted by molar-refractivity contribution is 5.94. The van der Waals surface area contributed by atoms with Gasteiger partial charge in [0.2, 0.25) is 0 Å². The van der Waals surface area contributed by atoms with Crippen molar-refractivity contribution in [1.29, 1.82) is 0 Å². The van der Waals surface area contributed by atoms with Gasteiger partial charge in [0.25, 0.3) is 0 Å². The predicted octanol–water partition coefficient (Wildman–Crippen LogP) is 2.90. The van der Waals surface area contributed by atoms with Gasteiger partial charge in [0.15, 0.2) is 0 Å². The van der Waals surface area contributed by atoms with Gasteiger partial charge in [-0.15, -0.1) is 0 Å². The molecule has 6 heteroatoms. The van der Waals surface area contributed by atoms with Crippen LogP contribution in [0.5, 0.6) is 5.75 Å². The molecular formula is C11H11F3O3. The minimum absolute atomic E-state index is 0.0660. The molecule has 0 atom stereocenters. The Bertz CT molecular complexity index is 438. The zero-order valence-corrected chi connectivity index (χ0v) is 9.26. The number of aryl methyl sites for hydroxylation is 1. The summed E-state index contributed by atoms with van der Waals surface area (Å²) < 4.78 is 42.6. The van der Waals surface area contributed by atoms with Gasteiger partial charge in [-0.1, -0.05) is 0 Å².